The van der Waals surface area contributed by atoms with Crippen molar-refractivity contribution in [1.29, 1.82) is 0 Å². The molecule has 5 heteroatoms. The molecule has 21 heavy (non-hydrogen) atoms. The molecule has 2 N–H and O–H groups in total. The zero-order chi connectivity index (χ0) is 15.5. The predicted octanol–water partition coefficient (Wildman–Crippen LogP) is 2.71. The molecule has 0 bridgehead atoms. The van der Waals surface area contributed by atoms with Crippen molar-refractivity contribution in [3.63, 3.8) is 0 Å². The third-order valence-corrected chi connectivity index (χ3v) is 5.19. The van der Waals surface area contributed by atoms with Crippen molar-refractivity contribution in [2.45, 2.75) is 51.9 Å². The van der Waals surface area contributed by atoms with Crippen LogP contribution in [0.1, 0.15) is 51.9 Å². The second-order valence-electron chi connectivity index (χ2n) is 7.14. The van der Waals surface area contributed by atoms with Gasteiger partial charge in [0.15, 0.2) is 0 Å². The van der Waals surface area contributed by atoms with Crippen LogP contribution in [-0.4, -0.2) is 42.1 Å². The highest BCUT2D eigenvalue weighted by atomic mass is 16.4. The van der Waals surface area contributed by atoms with Gasteiger partial charge in [0, 0.05) is 20.1 Å². The topological polar surface area (TPSA) is 69.6 Å². The van der Waals surface area contributed by atoms with Gasteiger partial charge in [0.25, 0.3) is 0 Å². The summed E-state index contributed by atoms with van der Waals surface area (Å²) in [6.45, 7) is 3.50. The van der Waals surface area contributed by atoms with Crippen LogP contribution in [0.3, 0.4) is 0 Å². The number of nitrogens with one attached hydrogen (secondary N) is 1. The van der Waals surface area contributed by atoms with Crippen LogP contribution in [0.25, 0.3) is 0 Å². The number of amides is 2. The van der Waals surface area contributed by atoms with Gasteiger partial charge in [-0.2, -0.15) is 0 Å². The van der Waals surface area contributed by atoms with Crippen molar-refractivity contribution in [2.24, 2.45) is 17.3 Å². The van der Waals surface area contributed by atoms with E-state index in [0.29, 0.717) is 12.5 Å². The van der Waals surface area contributed by atoms with E-state index in [1.807, 2.05) is 7.05 Å². The highest BCUT2D eigenvalue weighted by Crippen LogP contribution is 2.39. The van der Waals surface area contributed by atoms with Gasteiger partial charge in [0.1, 0.15) is 0 Å². The number of urea groups is 1. The lowest BCUT2D eigenvalue weighted by atomic mass is 9.72. The van der Waals surface area contributed by atoms with Gasteiger partial charge in [0.05, 0.1) is 6.42 Å². The molecular weight excluding hydrogens is 268 g/mol. The third-order valence-electron chi connectivity index (χ3n) is 5.19. The van der Waals surface area contributed by atoms with Crippen LogP contribution in [0.5, 0.6) is 0 Å². The van der Waals surface area contributed by atoms with E-state index in [0.717, 1.165) is 38.1 Å². The molecule has 2 fully saturated rings. The lowest BCUT2D eigenvalue weighted by Crippen LogP contribution is -2.45. The molecular formula is C16H28N2O3. The molecule has 2 aliphatic carbocycles. The second-order valence-corrected chi connectivity index (χ2v) is 7.14. The number of aliphatic carboxylic acids is 1. The fourth-order valence-electron chi connectivity index (χ4n) is 3.52. The monoisotopic (exact) mass is 296 g/mol. The van der Waals surface area contributed by atoms with Gasteiger partial charge in [-0.15, -0.1) is 0 Å². The van der Waals surface area contributed by atoms with Gasteiger partial charge in [-0.3, -0.25) is 4.79 Å². The van der Waals surface area contributed by atoms with Gasteiger partial charge in [-0.1, -0.05) is 26.2 Å². The number of hydrogen-bond acceptors (Lipinski definition) is 2. The molecule has 5 nitrogen and oxygen atoms in total. The maximum absolute atomic E-state index is 12.2. The Kier molecular flexibility index (Phi) is 5.12. The fraction of sp³-hybridized carbons (Fsp3) is 0.875. The van der Waals surface area contributed by atoms with Crippen molar-refractivity contribution in [2.75, 3.05) is 20.1 Å². The normalized spacial score (nSPS) is 27.0. The quantitative estimate of drug-likeness (QED) is 0.791. The van der Waals surface area contributed by atoms with E-state index in [2.05, 4.69) is 12.2 Å². The molecule has 0 saturated heterocycles. The summed E-state index contributed by atoms with van der Waals surface area (Å²) in [6.07, 6.45) is 6.50. The Bertz CT molecular complexity index is 391. The summed E-state index contributed by atoms with van der Waals surface area (Å²) in [4.78, 5) is 25.0. The number of carbonyl (C=O) groups is 2. The zero-order valence-corrected chi connectivity index (χ0v) is 13.2. The molecule has 2 atom stereocenters. The maximum atomic E-state index is 12.2. The summed E-state index contributed by atoms with van der Waals surface area (Å²) < 4.78 is 0. The molecule has 0 radical (unpaired) electrons. The summed E-state index contributed by atoms with van der Waals surface area (Å²) in [5.74, 6) is 0.617. The van der Waals surface area contributed by atoms with Crippen molar-refractivity contribution in [3.05, 3.63) is 0 Å². The largest absolute Gasteiger partial charge is 0.481 e. The van der Waals surface area contributed by atoms with E-state index in [1.165, 1.54) is 12.8 Å². The van der Waals surface area contributed by atoms with Gasteiger partial charge in [0.2, 0.25) is 0 Å². The minimum Gasteiger partial charge on any atom is -0.481 e. The molecule has 0 spiro atoms. The van der Waals surface area contributed by atoms with Crippen LogP contribution in [0.15, 0.2) is 0 Å². The molecule has 2 aliphatic rings. The Morgan fingerprint density at radius 2 is 1.90 bits per heavy atom. The molecule has 2 rings (SSSR count). The van der Waals surface area contributed by atoms with Crippen LogP contribution in [-0.2, 0) is 4.79 Å². The summed E-state index contributed by atoms with van der Waals surface area (Å²) in [5.41, 5.74) is -0.243. The van der Waals surface area contributed by atoms with Crippen LogP contribution in [0.2, 0.25) is 0 Å². The lowest BCUT2D eigenvalue weighted by Gasteiger charge is -2.36. The number of rotatable bonds is 6. The Hall–Kier alpha value is -1.26. The van der Waals surface area contributed by atoms with E-state index in [9.17, 15) is 9.59 Å². The summed E-state index contributed by atoms with van der Waals surface area (Å²) >= 11 is 0. The molecule has 0 aliphatic heterocycles. The van der Waals surface area contributed by atoms with E-state index in [1.54, 1.807) is 4.90 Å². The van der Waals surface area contributed by atoms with Gasteiger partial charge in [-0.05, 0) is 36.5 Å². The Labute approximate surface area is 127 Å². The molecule has 0 aromatic heterocycles. The van der Waals surface area contributed by atoms with Crippen molar-refractivity contribution >= 4 is 12.0 Å². The first kappa shape index (κ1) is 16.1. The predicted molar refractivity (Wildman–Crippen MR) is 81.1 cm³/mol. The van der Waals surface area contributed by atoms with Gasteiger partial charge >= 0.3 is 12.0 Å². The van der Waals surface area contributed by atoms with Crippen molar-refractivity contribution in [3.8, 4) is 0 Å². The standard InChI is InChI=1S/C16H28N2O3/c1-12-8-13(12)10-18(2)15(21)17-11-16(9-14(19)20)6-4-3-5-7-16/h12-13H,3-11H2,1-2H3,(H,17,21)(H,19,20). The molecule has 0 heterocycles. The second kappa shape index (κ2) is 6.67. The number of carboxylic acids is 1. The first-order valence-electron chi connectivity index (χ1n) is 8.13. The Balaban J connectivity index is 1.82. The van der Waals surface area contributed by atoms with E-state index >= 15 is 0 Å². The molecule has 0 aromatic rings. The Morgan fingerprint density at radius 3 is 2.43 bits per heavy atom. The lowest BCUT2D eigenvalue weighted by molar-refractivity contribution is -0.140. The SMILES string of the molecule is CC1CC1CN(C)C(=O)NCC1(CC(=O)O)CCCCC1. The van der Waals surface area contributed by atoms with E-state index in [4.69, 9.17) is 5.11 Å². The minimum absolute atomic E-state index is 0.0653. The van der Waals surface area contributed by atoms with Crippen LogP contribution < -0.4 is 5.32 Å². The first-order valence-corrected chi connectivity index (χ1v) is 8.13. The average molecular weight is 296 g/mol. The van der Waals surface area contributed by atoms with Crippen molar-refractivity contribution < 1.29 is 14.7 Å². The van der Waals surface area contributed by atoms with Crippen LogP contribution in [0.4, 0.5) is 4.79 Å². The smallest absolute Gasteiger partial charge is 0.317 e. The fourth-order valence-corrected chi connectivity index (χ4v) is 3.52. The van der Waals surface area contributed by atoms with E-state index in [-0.39, 0.29) is 17.9 Å². The van der Waals surface area contributed by atoms with Gasteiger partial charge in [-0.25, -0.2) is 4.79 Å². The number of carboxylic acid groups (broad SMARTS) is 1. The van der Waals surface area contributed by atoms with Crippen LogP contribution >= 0.6 is 0 Å². The summed E-state index contributed by atoms with van der Waals surface area (Å²) in [7, 11) is 1.82. The molecule has 2 unspecified atom stereocenters. The highest BCUT2D eigenvalue weighted by molar-refractivity contribution is 5.74. The van der Waals surface area contributed by atoms with Crippen molar-refractivity contribution in [1.82, 2.24) is 10.2 Å². The molecule has 2 amide bonds. The third kappa shape index (κ3) is 4.61. The average Bonchev–Trinajstić information content (AvgIpc) is 3.11. The zero-order valence-electron chi connectivity index (χ0n) is 13.2. The molecule has 120 valence electrons. The highest BCUT2D eigenvalue weighted by Gasteiger charge is 2.36. The number of hydrogen-bond donors (Lipinski definition) is 2. The number of nitrogens with zero attached hydrogens (tertiary/aromatic N) is 1. The van der Waals surface area contributed by atoms with E-state index < -0.39 is 5.97 Å². The summed E-state index contributed by atoms with van der Waals surface area (Å²) in [5, 5.41) is 12.1. The first-order chi connectivity index (χ1) is 9.92. The minimum atomic E-state index is -0.758. The molecule has 2 saturated carbocycles. The number of carbonyl (C=O) groups excluding carboxylic acids is 1. The Morgan fingerprint density at radius 1 is 1.29 bits per heavy atom. The van der Waals surface area contributed by atoms with Gasteiger partial charge < -0.3 is 15.3 Å². The maximum Gasteiger partial charge on any atom is 0.317 e. The molecule has 0 aromatic carbocycles. The summed E-state index contributed by atoms with van der Waals surface area (Å²) in [6, 6.07) is -0.0653. The van der Waals surface area contributed by atoms with Crippen LogP contribution in [0, 0.1) is 17.3 Å².